The third kappa shape index (κ3) is 30.7. The Morgan fingerprint density at radius 3 is 1.26 bits per heavy atom. The molecule has 3 aliphatic carbocycles. The van der Waals surface area contributed by atoms with Crippen LogP contribution in [-0.2, 0) is 135 Å². The number of pyridine rings is 6. The van der Waals surface area contributed by atoms with E-state index < -0.39 is 74.7 Å². The van der Waals surface area contributed by atoms with Crippen LogP contribution in [-0.4, -0.2) is 289 Å². The molecule has 6 aromatic heterocycles. The minimum absolute atomic E-state index is 0. The molecule has 6 atom stereocenters. The second kappa shape index (κ2) is 50.7. The molecule has 7 aromatic rings. The fraction of sp³-hybridized carbons (Fsp3) is 0.491. The predicted octanol–water partition coefficient (Wildman–Crippen LogP) is 10.7. The van der Waals surface area contributed by atoms with Crippen LogP contribution in [0.1, 0.15) is 235 Å². The summed E-state index contributed by atoms with van der Waals surface area (Å²) >= 11 is 3.41. The molecule has 2 saturated heterocycles. The number of nitrogens with one attached hydrogen (secondary N) is 3. The zero-order valence-corrected chi connectivity index (χ0v) is 90.2. The SMILES string of the molecule is CC1C(c2ccccc2)CC(CC(=O)OC(C)(C)C)C(=O)N1CC=O.CN(CCOC/C=C/B1OC(C)(C)C(C)(C)O1)C(=O)OC(C)(C)C.CN(CCOC/C=C/c1cnc2c(c1)[C@@]1(Cc3cc(C(=O)O)cnc3C1)C(=O)N2)C(=O)OC(C)(C)C.COC(=O)c1cnc2c(c1)C[C@@]1(C2)C(=O)Nc2ncc(/C=C/COCCN(C)C(=O)OC(C)(C)C)cc21.COC(=O)c1cnc2c(c1)C[C@@]1(C2)C(=O)Nc2ncc(Br)cc21.[B].[Li+].[OH-]. The van der Waals surface area contributed by atoms with Gasteiger partial charge >= 0.3 is 68.1 Å². The summed E-state index contributed by atoms with van der Waals surface area (Å²) in [4.78, 5) is 178. The maximum atomic E-state index is 13.1. The van der Waals surface area contributed by atoms with Crippen LogP contribution >= 0.6 is 15.9 Å². The topological polar surface area (TPSA) is 483 Å². The van der Waals surface area contributed by atoms with Crippen LogP contribution in [0.25, 0.3) is 12.2 Å². The fourth-order valence-corrected chi connectivity index (χ4v) is 17.9. The number of hydrogen-bond acceptors (Lipinski definition) is 30. The number of carboxylic acids is 1. The number of rotatable bonds is 26. The monoisotopic (exact) mass is 2100 g/mol. The van der Waals surface area contributed by atoms with Gasteiger partial charge in [-0.05, 0) is 229 Å². The van der Waals surface area contributed by atoms with E-state index in [1.165, 1.54) is 47.5 Å². The van der Waals surface area contributed by atoms with E-state index in [9.17, 15) is 62.6 Å². The van der Waals surface area contributed by atoms with Crippen molar-refractivity contribution < 1.29 is 139 Å². The van der Waals surface area contributed by atoms with Crippen LogP contribution in [0.15, 0.2) is 133 Å². The average molecular weight is 2100 g/mol. The van der Waals surface area contributed by atoms with Crippen molar-refractivity contribution in [2.24, 2.45) is 5.92 Å². The van der Waals surface area contributed by atoms with Gasteiger partial charge in [0, 0.05) is 162 Å². The van der Waals surface area contributed by atoms with Crippen molar-refractivity contribution >= 4 is 133 Å². The second-order valence-corrected chi connectivity index (χ2v) is 42.7. The van der Waals surface area contributed by atoms with Crippen molar-refractivity contribution in [1.29, 1.82) is 0 Å². The normalized spacial score (nSPS) is 19.5. The van der Waals surface area contributed by atoms with Gasteiger partial charge in [-0.3, -0.25) is 38.9 Å². The number of halogens is 1. The fourth-order valence-electron chi connectivity index (χ4n) is 17.5. The Bertz CT molecular complexity index is 6070. The largest absolute Gasteiger partial charge is 1.00 e. The number of aromatic carboxylic acids is 1. The standard InChI is InChI=1S/C27H32N4O6.C26H30N4O6.C20H27NO4.C17H32BNO5.C16H12BrN3O3.B.Li.H2O/c1-26(2,3)37-25(34)31(4)8-10-36-9-6-7-17-11-20-22(29-15-17)30-24(33)27(20)13-18-12-19(23(32)35-5)16-28-21(18)14-27;1-25(2,3)36-24(34)30(4)7-9-35-8-5-6-16-10-19-21(28-14-16)29-23(33)26(19)12-17-11-18(22(31)32)15-27-20(17)13-26;1-14-17(15-8-6-5-7-9-15)12-16(19(24)21(14)10-11-22)13-18(23)25-20(2,3)4;1-15(2,3)22-14(20)19(8)11-13-21-12-9-10-18-23-16(4,5)17(6,7)24-18;1-23-14(21)9-2-8-4-16(5-12(8)18-6-9)11-3-10(17)7-19-13(11)20-15(16)22;;;/h6-7,11-12,15-16H,8-10,13-14H2,1-5H3,(H,29,30,33);5-6,10-11,14-15H,7-9,12-13H2,1-4H3,(H,31,32)(H,28,29,33);5-9,11,14,16-17H,10,12-13H2,1-4H3;9-10H,11-13H2,1-8H3;2-3,6-7H,4-5H2,1H3,(H,19,20,22);;;1H2/q;;;;;;+1;/p-1/b7-6+;6-5+;;10-9+;;;;/t27-;26-;;;16-;;;/m00..0.../s1. The van der Waals surface area contributed by atoms with Crippen molar-refractivity contribution in [3.8, 4) is 0 Å². The molecular formula is C106H134B2BrLiN13O25. The Labute approximate surface area is 886 Å². The summed E-state index contributed by atoms with van der Waals surface area (Å²) in [5.41, 5.74) is 5.82. The van der Waals surface area contributed by atoms with Gasteiger partial charge in [0.2, 0.25) is 23.6 Å². The van der Waals surface area contributed by atoms with Crippen molar-refractivity contribution in [2.75, 3.05) is 117 Å². The van der Waals surface area contributed by atoms with Crippen LogP contribution < -0.4 is 34.8 Å². The first-order valence-corrected chi connectivity index (χ1v) is 48.8. The van der Waals surface area contributed by atoms with Crippen molar-refractivity contribution in [1.82, 2.24) is 49.5 Å². The molecule has 7 amide bonds. The van der Waals surface area contributed by atoms with Gasteiger partial charge in [-0.1, -0.05) is 66.7 Å². The molecule has 787 valence electrons. The Balaban J connectivity index is 0.000000228. The number of piperidine rings is 1. The van der Waals surface area contributed by atoms with E-state index >= 15 is 0 Å². The van der Waals surface area contributed by atoms with E-state index in [2.05, 4.69) is 61.8 Å². The molecule has 1 aromatic carbocycles. The summed E-state index contributed by atoms with van der Waals surface area (Å²) in [6.07, 6.45) is 21.5. The molecule has 8 aliphatic rings. The number of anilines is 3. The van der Waals surface area contributed by atoms with Gasteiger partial charge in [0.05, 0.1) is 111 Å². The van der Waals surface area contributed by atoms with Crippen molar-refractivity contribution in [3.63, 3.8) is 0 Å². The molecule has 3 spiro atoms. The molecule has 38 nitrogen and oxygen atoms in total. The number of benzene rings is 1. The molecule has 0 saturated carbocycles. The average Bonchev–Trinajstić information content (AvgIpc) is 1.57. The number of aromatic nitrogens is 6. The number of methoxy groups -OCH3 is 2. The zero-order valence-electron chi connectivity index (χ0n) is 88.6. The number of nitrogens with zero attached hydrogens (tertiary/aromatic N) is 10. The first kappa shape index (κ1) is 121. The van der Waals surface area contributed by atoms with Gasteiger partial charge in [-0.15, -0.1) is 0 Å². The number of likely N-dealkylation sites (N-methyl/N-ethyl adjacent to an activating group) is 3. The molecule has 3 radical (unpaired) electrons. The number of carboxylic acid groups (broad SMARTS) is 1. The molecule has 42 heteroatoms. The van der Waals surface area contributed by atoms with E-state index in [1.54, 1.807) is 83.6 Å². The van der Waals surface area contributed by atoms with Gasteiger partial charge in [-0.25, -0.2) is 43.7 Å². The number of fused-ring (bicyclic) bond motifs is 9. The summed E-state index contributed by atoms with van der Waals surface area (Å²) in [5, 5.41) is 17.9. The van der Waals surface area contributed by atoms with Gasteiger partial charge in [0.25, 0.3) is 0 Å². The second-order valence-electron chi connectivity index (χ2n) is 41.8. The first-order valence-electron chi connectivity index (χ1n) is 48.0. The van der Waals surface area contributed by atoms with Crippen molar-refractivity contribution in [3.05, 3.63) is 216 Å². The maximum Gasteiger partial charge on any atom is 1.00 e. The van der Waals surface area contributed by atoms with Crippen LogP contribution in [0.2, 0.25) is 0 Å². The Morgan fingerprint density at radius 2 is 0.885 bits per heavy atom. The number of carbonyl (C=O) groups is 12. The molecule has 5 N–H and O–H groups in total. The molecule has 0 bridgehead atoms. The van der Waals surface area contributed by atoms with Gasteiger partial charge in [0.1, 0.15) is 46.1 Å². The number of ether oxygens (including phenoxy) is 9. The van der Waals surface area contributed by atoms with Gasteiger partial charge in [0.15, 0.2) is 0 Å². The van der Waals surface area contributed by atoms with Crippen LogP contribution in [0, 0.1) is 5.92 Å². The molecule has 2 fully saturated rings. The molecule has 11 heterocycles. The predicted molar refractivity (Wildman–Crippen MR) is 551 cm³/mol. The summed E-state index contributed by atoms with van der Waals surface area (Å²) in [7, 11) is 7.32. The van der Waals surface area contributed by atoms with E-state index in [-0.39, 0.29) is 117 Å². The third-order valence-electron chi connectivity index (χ3n) is 25.6. The van der Waals surface area contributed by atoms with E-state index in [4.69, 9.17) is 51.9 Å². The quantitative estimate of drug-likeness (QED) is 0.0129. The van der Waals surface area contributed by atoms with Gasteiger partial charge in [-0.2, -0.15) is 0 Å². The Kier molecular flexibility index (Phi) is 41.4. The minimum Gasteiger partial charge on any atom is -0.870 e. The van der Waals surface area contributed by atoms with Crippen LogP contribution in [0.4, 0.5) is 31.8 Å². The summed E-state index contributed by atoms with van der Waals surface area (Å²) in [6.45, 7) is 35.5. The number of carbonyl (C=O) groups excluding carboxylic acids is 11. The Hall–Kier alpha value is -12.5. The first-order chi connectivity index (χ1) is 68.1. The van der Waals surface area contributed by atoms with Gasteiger partial charge < -0.3 is 103 Å². The smallest absolute Gasteiger partial charge is 0.870 e. The van der Waals surface area contributed by atoms with E-state index in [0.29, 0.717) is 133 Å². The molecule has 148 heavy (non-hydrogen) atoms. The molecular weight excluding hydrogens is 1960 g/mol. The summed E-state index contributed by atoms with van der Waals surface area (Å²) < 4.78 is 60.1. The number of likely N-dealkylation sites (tertiary alicyclic amines) is 1. The van der Waals surface area contributed by atoms with Crippen LogP contribution in [0.3, 0.4) is 0 Å². The zero-order chi connectivity index (χ0) is 106. The summed E-state index contributed by atoms with van der Waals surface area (Å²) in [5.74, 6) is 0.346. The number of amides is 7. The van der Waals surface area contributed by atoms with Crippen molar-refractivity contribution in [2.45, 2.75) is 231 Å². The number of esters is 3. The number of hydrogen-bond donors (Lipinski definition) is 4. The minimum atomic E-state index is -1.05. The third-order valence-corrected chi connectivity index (χ3v) is 26.0. The molecule has 5 aliphatic heterocycles. The molecule has 15 rings (SSSR count). The Morgan fingerprint density at radius 1 is 0.520 bits per heavy atom. The number of aldehydes is 1. The van der Waals surface area contributed by atoms with E-state index in [0.717, 1.165) is 77.9 Å². The van der Waals surface area contributed by atoms with Crippen LogP contribution in [0.5, 0.6) is 0 Å². The van der Waals surface area contributed by atoms with E-state index in [1.807, 2.05) is 182 Å². The maximum absolute atomic E-state index is 13.1. The molecule has 3 unspecified atom stereocenters. The summed E-state index contributed by atoms with van der Waals surface area (Å²) in [6, 6.07) is 20.8.